The van der Waals surface area contributed by atoms with Gasteiger partial charge in [0.15, 0.2) is 6.61 Å². The van der Waals surface area contributed by atoms with Crippen LogP contribution in [-0.2, 0) is 21.4 Å². The number of sulfonamides is 1. The third kappa shape index (κ3) is 6.29. The molecule has 2 rings (SSSR count). The second kappa shape index (κ2) is 7.83. The maximum absolute atomic E-state index is 11.8. The molecule has 24 heavy (non-hydrogen) atoms. The van der Waals surface area contributed by atoms with E-state index in [1.54, 1.807) is 24.3 Å². The highest BCUT2D eigenvalue weighted by Crippen LogP contribution is 2.12. The molecule has 0 aliphatic rings. The van der Waals surface area contributed by atoms with Gasteiger partial charge in [-0.05, 0) is 36.8 Å². The number of hydrogen-bond acceptors (Lipinski definition) is 4. The predicted octanol–water partition coefficient (Wildman–Crippen LogP) is 2.06. The fourth-order valence-electron chi connectivity index (χ4n) is 1.94. The molecule has 128 valence electrons. The van der Waals surface area contributed by atoms with Gasteiger partial charge in [0.2, 0.25) is 10.0 Å². The van der Waals surface area contributed by atoms with Gasteiger partial charge < -0.3 is 10.1 Å². The van der Waals surface area contributed by atoms with E-state index in [1.165, 1.54) is 0 Å². The van der Waals surface area contributed by atoms with Gasteiger partial charge in [0, 0.05) is 12.2 Å². The first-order valence-corrected chi connectivity index (χ1v) is 9.24. The predicted molar refractivity (Wildman–Crippen MR) is 93.4 cm³/mol. The molecule has 0 saturated carbocycles. The van der Waals surface area contributed by atoms with Gasteiger partial charge in [0.05, 0.1) is 6.26 Å². The van der Waals surface area contributed by atoms with Crippen LogP contribution in [0, 0.1) is 6.92 Å². The number of carbonyl (C=O) groups is 1. The number of anilines is 1. The van der Waals surface area contributed by atoms with Crippen molar-refractivity contribution < 1.29 is 17.9 Å². The number of hydrogen-bond donors (Lipinski definition) is 2. The van der Waals surface area contributed by atoms with Crippen molar-refractivity contribution in [2.45, 2.75) is 13.5 Å². The fourth-order valence-corrected chi connectivity index (χ4v) is 2.50. The first-order chi connectivity index (χ1) is 11.3. The molecule has 0 aromatic heterocycles. The van der Waals surface area contributed by atoms with E-state index >= 15 is 0 Å². The second-order valence-corrected chi connectivity index (χ2v) is 7.20. The van der Waals surface area contributed by atoms with Gasteiger partial charge in [-0.1, -0.05) is 29.8 Å². The zero-order valence-electron chi connectivity index (χ0n) is 13.6. The summed E-state index contributed by atoms with van der Waals surface area (Å²) in [6, 6.07) is 14.2. The molecular formula is C17H20N2O4S. The summed E-state index contributed by atoms with van der Waals surface area (Å²) in [6.45, 7) is 2.26. The molecule has 0 bridgehead atoms. The Kier molecular flexibility index (Phi) is 5.81. The first-order valence-electron chi connectivity index (χ1n) is 7.35. The van der Waals surface area contributed by atoms with Crippen LogP contribution in [0.25, 0.3) is 0 Å². The third-order valence-corrected chi connectivity index (χ3v) is 3.74. The molecule has 0 radical (unpaired) electrons. The van der Waals surface area contributed by atoms with E-state index < -0.39 is 10.0 Å². The van der Waals surface area contributed by atoms with Gasteiger partial charge >= 0.3 is 0 Å². The minimum atomic E-state index is -3.29. The molecule has 7 heteroatoms. The van der Waals surface area contributed by atoms with E-state index in [4.69, 9.17) is 4.74 Å². The summed E-state index contributed by atoms with van der Waals surface area (Å²) in [4.78, 5) is 11.8. The standard InChI is InChI=1S/C17H20N2O4S/c1-13-3-9-16(10-4-13)23-12-17(20)18-11-14-5-7-15(8-6-14)19-24(2,21)22/h3-10,19H,11-12H2,1-2H3,(H,18,20). The van der Waals surface area contributed by atoms with Gasteiger partial charge in [-0.3, -0.25) is 9.52 Å². The van der Waals surface area contributed by atoms with Crippen molar-refractivity contribution in [2.75, 3.05) is 17.6 Å². The second-order valence-electron chi connectivity index (χ2n) is 5.45. The lowest BCUT2D eigenvalue weighted by atomic mass is 10.2. The Morgan fingerprint density at radius 3 is 2.25 bits per heavy atom. The van der Waals surface area contributed by atoms with Crippen molar-refractivity contribution in [3.63, 3.8) is 0 Å². The molecule has 2 aromatic carbocycles. The summed E-state index contributed by atoms with van der Waals surface area (Å²) in [5.41, 5.74) is 2.47. The lowest BCUT2D eigenvalue weighted by molar-refractivity contribution is -0.123. The number of amides is 1. The molecule has 0 aliphatic carbocycles. The van der Waals surface area contributed by atoms with Crippen molar-refractivity contribution in [1.29, 1.82) is 0 Å². The van der Waals surface area contributed by atoms with Gasteiger partial charge in [-0.15, -0.1) is 0 Å². The lowest BCUT2D eigenvalue weighted by Gasteiger charge is -2.09. The van der Waals surface area contributed by atoms with Crippen LogP contribution in [0.5, 0.6) is 5.75 Å². The van der Waals surface area contributed by atoms with E-state index in [0.717, 1.165) is 17.4 Å². The number of benzene rings is 2. The molecule has 6 nitrogen and oxygen atoms in total. The van der Waals surface area contributed by atoms with Crippen LogP contribution in [0.1, 0.15) is 11.1 Å². The van der Waals surface area contributed by atoms with E-state index in [9.17, 15) is 13.2 Å². The molecule has 0 saturated heterocycles. The summed E-state index contributed by atoms with van der Waals surface area (Å²) < 4.78 is 30.0. The molecule has 0 unspecified atom stereocenters. The average Bonchev–Trinajstić information content (AvgIpc) is 2.52. The van der Waals surface area contributed by atoms with Crippen molar-refractivity contribution >= 4 is 21.6 Å². The fraction of sp³-hybridized carbons (Fsp3) is 0.235. The van der Waals surface area contributed by atoms with E-state index in [-0.39, 0.29) is 12.5 Å². The average molecular weight is 348 g/mol. The van der Waals surface area contributed by atoms with Crippen LogP contribution in [0.4, 0.5) is 5.69 Å². The summed E-state index contributed by atoms with van der Waals surface area (Å²) in [5.74, 6) is 0.417. The van der Waals surface area contributed by atoms with E-state index in [2.05, 4.69) is 10.0 Å². The number of nitrogens with one attached hydrogen (secondary N) is 2. The molecule has 0 atom stereocenters. The first kappa shape index (κ1) is 17.8. The van der Waals surface area contributed by atoms with Crippen LogP contribution in [0.2, 0.25) is 0 Å². The number of aryl methyl sites for hydroxylation is 1. The Bertz CT molecular complexity index is 784. The largest absolute Gasteiger partial charge is 0.484 e. The van der Waals surface area contributed by atoms with Gasteiger partial charge in [-0.2, -0.15) is 0 Å². The van der Waals surface area contributed by atoms with Crippen molar-refractivity contribution in [2.24, 2.45) is 0 Å². The summed E-state index contributed by atoms with van der Waals surface area (Å²) in [5, 5.41) is 2.75. The molecular weight excluding hydrogens is 328 g/mol. The highest BCUT2D eigenvalue weighted by molar-refractivity contribution is 7.92. The van der Waals surface area contributed by atoms with Crippen molar-refractivity contribution in [1.82, 2.24) is 5.32 Å². The van der Waals surface area contributed by atoms with Gasteiger partial charge in [0.1, 0.15) is 5.75 Å². The molecule has 0 fully saturated rings. The van der Waals surface area contributed by atoms with Gasteiger partial charge in [0.25, 0.3) is 5.91 Å². The Balaban J connectivity index is 1.78. The summed E-state index contributed by atoms with van der Waals surface area (Å²) in [7, 11) is -3.29. The maximum atomic E-state index is 11.8. The van der Waals surface area contributed by atoms with Crippen molar-refractivity contribution in [3.8, 4) is 5.75 Å². The molecule has 2 aromatic rings. The van der Waals surface area contributed by atoms with Crippen LogP contribution in [0.15, 0.2) is 48.5 Å². The van der Waals surface area contributed by atoms with Crippen LogP contribution in [0.3, 0.4) is 0 Å². The number of ether oxygens (including phenoxy) is 1. The topological polar surface area (TPSA) is 84.5 Å². The number of rotatable bonds is 7. The minimum Gasteiger partial charge on any atom is -0.484 e. The van der Waals surface area contributed by atoms with Crippen LogP contribution in [-0.4, -0.2) is 27.2 Å². The minimum absolute atomic E-state index is 0.0588. The van der Waals surface area contributed by atoms with Crippen LogP contribution >= 0.6 is 0 Å². The van der Waals surface area contributed by atoms with Gasteiger partial charge in [-0.25, -0.2) is 8.42 Å². The Labute approximate surface area is 141 Å². The summed E-state index contributed by atoms with van der Waals surface area (Å²) >= 11 is 0. The lowest BCUT2D eigenvalue weighted by Crippen LogP contribution is -2.28. The SMILES string of the molecule is Cc1ccc(OCC(=O)NCc2ccc(NS(C)(=O)=O)cc2)cc1. The molecule has 2 N–H and O–H groups in total. The smallest absolute Gasteiger partial charge is 0.258 e. The zero-order valence-corrected chi connectivity index (χ0v) is 14.4. The third-order valence-electron chi connectivity index (χ3n) is 3.14. The van der Waals surface area contributed by atoms with E-state index in [0.29, 0.717) is 18.0 Å². The molecule has 0 heterocycles. The Hall–Kier alpha value is -2.54. The molecule has 1 amide bonds. The zero-order chi connectivity index (χ0) is 17.6. The highest BCUT2D eigenvalue weighted by Gasteiger charge is 2.04. The number of carbonyl (C=O) groups excluding carboxylic acids is 1. The summed E-state index contributed by atoms with van der Waals surface area (Å²) in [6.07, 6.45) is 1.09. The van der Waals surface area contributed by atoms with E-state index in [1.807, 2.05) is 31.2 Å². The monoisotopic (exact) mass is 348 g/mol. The highest BCUT2D eigenvalue weighted by atomic mass is 32.2. The molecule has 0 aliphatic heterocycles. The Morgan fingerprint density at radius 2 is 1.67 bits per heavy atom. The normalized spacial score (nSPS) is 10.9. The molecule has 0 spiro atoms. The quantitative estimate of drug-likeness (QED) is 0.802. The van der Waals surface area contributed by atoms with Crippen LogP contribution < -0.4 is 14.8 Å². The van der Waals surface area contributed by atoms with Crippen molar-refractivity contribution in [3.05, 3.63) is 59.7 Å². The maximum Gasteiger partial charge on any atom is 0.258 e. The Morgan fingerprint density at radius 1 is 1.04 bits per heavy atom.